The molecule has 1 atom stereocenters. The first-order valence-corrected chi connectivity index (χ1v) is 8.22. The Bertz CT molecular complexity index is 685. The molecule has 0 radical (unpaired) electrons. The fourth-order valence-corrected chi connectivity index (χ4v) is 2.70. The number of urea groups is 1. The number of benzene rings is 1. The third-order valence-corrected chi connectivity index (χ3v) is 4.32. The number of hydrogen-bond donors (Lipinski definition) is 3. The lowest BCUT2D eigenvalue weighted by Crippen LogP contribution is -2.31. The number of carbonyl (C=O) groups excluding carboxylic acids is 2. The molecule has 0 bridgehead atoms. The minimum absolute atomic E-state index is 0.0989. The van der Waals surface area contributed by atoms with Crippen LogP contribution in [0.1, 0.15) is 35.6 Å². The number of rotatable bonds is 5. The number of nitrogens with one attached hydrogen (secondary N) is 3. The van der Waals surface area contributed by atoms with Crippen molar-refractivity contribution in [1.82, 2.24) is 10.3 Å². The molecule has 1 aromatic carbocycles. The molecule has 0 aliphatic rings. The third kappa shape index (κ3) is 4.79. The van der Waals surface area contributed by atoms with E-state index >= 15 is 0 Å². The first kappa shape index (κ1) is 17.0. The van der Waals surface area contributed by atoms with Crippen LogP contribution in [0.4, 0.5) is 15.6 Å². The number of hydrogen-bond acceptors (Lipinski definition) is 4. The molecule has 23 heavy (non-hydrogen) atoms. The highest BCUT2D eigenvalue weighted by Crippen LogP contribution is 2.23. The fraction of sp³-hybridized carbons (Fsp3) is 0.312. The van der Waals surface area contributed by atoms with Gasteiger partial charge in [0.05, 0.1) is 5.69 Å². The molecular weight excluding hydrogens is 312 g/mol. The second-order valence-electron chi connectivity index (χ2n) is 5.16. The minimum Gasteiger partial charge on any atom is -0.349 e. The van der Waals surface area contributed by atoms with Crippen molar-refractivity contribution in [3.05, 3.63) is 40.9 Å². The Hall–Kier alpha value is -2.41. The van der Waals surface area contributed by atoms with Crippen LogP contribution in [-0.2, 0) is 0 Å². The molecule has 0 spiro atoms. The van der Waals surface area contributed by atoms with E-state index in [0.29, 0.717) is 21.4 Å². The lowest BCUT2D eigenvalue weighted by Gasteiger charge is -2.09. The molecule has 2 rings (SSSR count). The van der Waals surface area contributed by atoms with Crippen LogP contribution < -0.4 is 16.0 Å². The molecule has 3 N–H and O–H groups in total. The lowest BCUT2D eigenvalue weighted by molar-refractivity contribution is 0.0942. The first-order valence-electron chi connectivity index (χ1n) is 7.41. The van der Waals surface area contributed by atoms with E-state index in [2.05, 4.69) is 20.9 Å². The van der Waals surface area contributed by atoms with Gasteiger partial charge in [0.1, 0.15) is 4.88 Å². The summed E-state index contributed by atoms with van der Waals surface area (Å²) >= 11 is 1.16. The van der Waals surface area contributed by atoms with Gasteiger partial charge in [0.15, 0.2) is 5.13 Å². The second-order valence-corrected chi connectivity index (χ2v) is 6.16. The Morgan fingerprint density at radius 1 is 1.22 bits per heavy atom. The maximum Gasteiger partial charge on any atom is 0.325 e. The van der Waals surface area contributed by atoms with Crippen LogP contribution in [0.15, 0.2) is 30.3 Å². The summed E-state index contributed by atoms with van der Waals surface area (Å²) in [5, 5.41) is 8.65. The monoisotopic (exact) mass is 332 g/mol. The minimum atomic E-state index is -0.390. The Kier molecular flexibility index (Phi) is 5.70. The zero-order chi connectivity index (χ0) is 16.8. The molecule has 6 nitrogen and oxygen atoms in total. The van der Waals surface area contributed by atoms with Crippen molar-refractivity contribution in [2.45, 2.75) is 33.2 Å². The van der Waals surface area contributed by atoms with Crippen molar-refractivity contribution in [2.24, 2.45) is 0 Å². The summed E-state index contributed by atoms with van der Waals surface area (Å²) in [5.41, 5.74) is 1.29. The van der Waals surface area contributed by atoms with Crippen LogP contribution in [0.5, 0.6) is 0 Å². The molecule has 1 heterocycles. The van der Waals surface area contributed by atoms with Crippen LogP contribution in [0.3, 0.4) is 0 Å². The summed E-state index contributed by atoms with van der Waals surface area (Å²) in [5.74, 6) is -0.161. The van der Waals surface area contributed by atoms with E-state index in [-0.39, 0.29) is 18.0 Å². The molecule has 1 unspecified atom stereocenters. The second kappa shape index (κ2) is 7.73. The summed E-state index contributed by atoms with van der Waals surface area (Å²) in [6, 6.07) is 8.83. The first-order chi connectivity index (χ1) is 11.0. The molecule has 0 aliphatic heterocycles. The normalized spacial score (nSPS) is 11.6. The highest BCUT2D eigenvalue weighted by atomic mass is 32.1. The summed E-state index contributed by atoms with van der Waals surface area (Å²) in [7, 11) is 0. The molecule has 0 saturated heterocycles. The van der Waals surface area contributed by atoms with Gasteiger partial charge in [-0.15, -0.1) is 0 Å². The number of anilines is 2. The van der Waals surface area contributed by atoms with Gasteiger partial charge in [0, 0.05) is 11.7 Å². The van der Waals surface area contributed by atoms with Crippen molar-refractivity contribution in [2.75, 3.05) is 10.6 Å². The van der Waals surface area contributed by atoms with Crippen molar-refractivity contribution < 1.29 is 9.59 Å². The highest BCUT2D eigenvalue weighted by Gasteiger charge is 2.17. The summed E-state index contributed by atoms with van der Waals surface area (Å²) in [6.07, 6.45) is 0.855. The standard InChI is InChI=1S/C16H20N4O2S/c1-4-10(2)17-14(21)13-11(3)18-16(23-13)20-15(22)19-12-8-6-5-7-9-12/h5-10H,4H2,1-3H3,(H,17,21)(H2,18,19,20,22). The van der Waals surface area contributed by atoms with Crippen LogP contribution in [-0.4, -0.2) is 23.0 Å². The van der Waals surface area contributed by atoms with Gasteiger partial charge >= 0.3 is 6.03 Å². The largest absolute Gasteiger partial charge is 0.349 e. The van der Waals surface area contributed by atoms with E-state index in [1.165, 1.54) is 0 Å². The van der Waals surface area contributed by atoms with Crippen molar-refractivity contribution >= 4 is 34.1 Å². The van der Waals surface area contributed by atoms with Crippen molar-refractivity contribution in [3.8, 4) is 0 Å². The predicted octanol–water partition coefficient (Wildman–Crippen LogP) is 3.62. The van der Waals surface area contributed by atoms with Crippen molar-refractivity contribution in [3.63, 3.8) is 0 Å². The summed E-state index contributed by atoms with van der Waals surface area (Å²) in [6.45, 7) is 5.70. The molecule has 2 aromatic rings. The van der Waals surface area contributed by atoms with Crippen LogP contribution in [0, 0.1) is 6.92 Å². The molecule has 0 aliphatic carbocycles. The van der Waals surface area contributed by atoms with Gasteiger partial charge in [0.25, 0.3) is 5.91 Å². The van der Waals surface area contributed by atoms with E-state index in [1.54, 1.807) is 19.1 Å². The van der Waals surface area contributed by atoms with Crippen LogP contribution in [0.25, 0.3) is 0 Å². The Morgan fingerprint density at radius 2 is 1.91 bits per heavy atom. The van der Waals surface area contributed by atoms with Crippen LogP contribution >= 0.6 is 11.3 Å². The van der Waals surface area contributed by atoms with Gasteiger partial charge in [-0.2, -0.15) is 0 Å². The van der Waals surface area contributed by atoms with Gasteiger partial charge in [-0.25, -0.2) is 9.78 Å². The van der Waals surface area contributed by atoms with Gasteiger partial charge in [-0.1, -0.05) is 36.5 Å². The maximum absolute atomic E-state index is 12.2. The van der Waals surface area contributed by atoms with Gasteiger partial charge in [-0.3, -0.25) is 10.1 Å². The number of thiazole rings is 1. The SMILES string of the molecule is CCC(C)NC(=O)c1sc(NC(=O)Nc2ccccc2)nc1C. The zero-order valence-corrected chi connectivity index (χ0v) is 14.2. The number of aryl methyl sites for hydroxylation is 1. The summed E-state index contributed by atoms with van der Waals surface area (Å²) < 4.78 is 0. The van der Waals surface area contributed by atoms with Crippen molar-refractivity contribution in [1.29, 1.82) is 0 Å². The topological polar surface area (TPSA) is 83.1 Å². The Balaban J connectivity index is 2.00. The van der Waals surface area contributed by atoms with E-state index in [4.69, 9.17) is 0 Å². The Morgan fingerprint density at radius 3 is 2.57 bits per heavy atom. The Labute approximate surface area is 139 Å². The average molecular weight is 332 g/mol. The highest BCUT2D eigenvalue weighted by molar-refractivity contribution is 7.17. The van der Waals surface area contributed by atoms with E-state index in [0.717, 1.165) is 17.8 Å². The fourth-order valence-electron chi connectivity index (χ4n) is 1.83. The number of para-hydroxylation sites is 1. The summed E-state index contributed by atoms with van der Waals surface area (Å²) in [4.78, 5) is 28.8. The average Bonchev–Trinajstić information content (AvgIpc) is 2.88. The molecule has 7 heteroatoms. The molecule has 1 aromatic heterocycles. The zero-order valence-electron chi connectivity index (χ0n) is 13.3. The number of amides is 3. The molecule has 0 fully saturated rings. The molecule has 122 valence electrons. The van der Waals surface area contributed by atoms with E-state index in [9.17, 15) is 9.59 Å². The number of carbonyl (C=O) groups is 2. The lowest BCUT2D eigenvalue weighted by atomic mass is 10.2. The van der Waals surface area contributed by atoms with E-state index < -0.39 is 0 Å². The van der Waals surface area contributed by atoms with E-state index in [1.807, 2.05) is 32.0 Å². The predicted molar refractivity (Wildman–Crippen MR) is 93.2 cm³/mol. The molecular formula is C16H20N4O2S. The van der Waals surface area contributed by atoms with Gasteiger partial charge < -0.3 is 10.6 Å². The van der Waals surface area contributed by atoms with Crippen LogP contribution in [0.2, 0.25) is 0 Å². The molecule has 3 amide bonds. The molecule has 0 saturated carbocycles. The van der Waals surface area contributed by atoms with Gasteiger partial charge in [-0.05, 0) is 32.4 Å². The van der Waals surface area contributed by atoms with Gasteiger partial charge in [0.2, 0.25) is 0 Å². The third-order valence-electron chi connectivity index (χ3n) is 3.24. The maximum atomic E-state index is 12.2. The quantitative estimate of drug-likeness (QED) is 0.782. The smallest absolute Gasteiger partial charge is 0.325 e. The number of aromatic nitrogens is 1. The number of nitrogens with zero attached hydrogens (tertiary/aromatic N) is 1.